The average Bonchev–Trinajstić information content (AvgIpc) is 2.15. The van der Waals surface area contributed by atoms with Gasteiger partial charge in [-0.2, -0.15) is 0 Å². The van der Waals surface area contributed by atoms with Gasteiger partial charge < -0.3 is 4.74 Å². The Balaban J connectivity index is 2.95. The normalized spacial score (nSPS) is 9.73. The summed E-state index contributed by atoms with van der Waals surface area (Å²) in [6.45, 7) is 1.14. The minimum Gasteiger partial charge on any atom is -0.479 e. The zero-order chi connectivity index (χ0) is 11.4. The Kier molecular flexibility index (Phi) is 3.62. The fraction of sp³-hybridized carbons (Fsp3) is 0.222. The molecule has 0 bridgehead atoms. The van der Waals surface area contributed by atoms with Gasteiger partial charge in [-0.15, -0.1) is 0 Å². The smallest absolute Gasteiger partial charge is 0.312 e. The van der Waals surface area contributed by atoms with Gasteiger partial charge in [0.25, 0.3) is 0 Å². The molecule has 15 heavy (non-hydrogen) atoms. The van der Waals surface area contributed by atoms with Gasteiger partial charge in [-0.3, -0.25) is 14.9 Å². The Bertz CT molecular complexity index is 405. The molecule has 0 aliphatic carbocycles. The maximum absolute atomic E-state index is 10.6. The Morgan fingerprint density at radius 2 is 2.27 bits per heavy atom. The lowest BCUT2D eigenvalue weighted by Crippen LogP contribution is -2.07. The molecule has 0 saturated carbocycles. The van der Waals surface area contributed by atoms with E-state index in [2.05, 4.69) is 0 Å². The van der Waals surface area contributed by atoms with Crippen molar-refractivity contribution in [3.05, 3.63) is 33.3 Å². The van der Waals surface area contributed by atoms with Crippen molar-refractivity contribution in [3.8, 4) is 5.75 Å². The fourth-order valence-electron chi connectivity index (χ4n) is 0.935. The summed E-state index contributed by atoms with van der Waals surface area (Å²) in [6, 6.07) is 4.00. The van der Waals surface area contributed by atoms with E-state index in [0.29, 0.717) is 0 Å². The van der Waals surface area contributed by atoms with Gasteiger partial charge in [-0.25, -0.2) is 0 Å². The molecule has 0 heterocycles. The van der Waals surface area contributed by atoms with Crippen LogP contribution in [0.25, 0.3) is 0 Å². The van der Waals surface area contributed by atoms with E-state index in [1.54, 1.807) is 0 Å². The third-order valence-corrected chi connectivity index (χ3v) is 1.78. The van der Waals surface area contributed by atoms with Crippen molar-refractivity contribution in [1.29, 1.82) is 0 Å². The molecule has 1 rings (SSSR count). The number of ketones is 1. The van der Waals surface area contributed by atoms with Crippen LogP contribution in [0.4, 0.5) is 5.69 Å². The van der Waals surface area contributed by atoms with E-state index in [9.17, 15) is 14.9 Å². The van der Waals surface area contributed by atoms with Gasteiger partial charge in [0.05, 0.1) is 4.92 Å². The Labute approximate surface area is 90.8 Å². The number of carbonyl (C=O) groups is 1. The van der Waals surface area contributed by atoms with Crippen LogP contribution in [0.15, 0.2) is 18.2 Å². The van der Waals surface area contributed by atoms with Crippen molar-refractivity contribution in [3.63, 3.8) is 0 Å². The second kappa shape index (κ2) is 4.75. The summed E-state index contributed by atoms with van der Waals surface area (Å²) in [5, 5.41) is 10.8. The second-order valence-electron chi connectivity index (χ2n) is 2.86. The molecule has 1 aromatic rings. The van der Waals surface area contributed by atoms with Gasteiger partial charge in [-0.05, 0) is 19.1 Å². The second-order valence-corrected chi connectivity index (χ2v) is 3.30. The Hall–Kier alpha value is -1.62. The van der Waals surface area contributed by atoms with Crippen molar-refractivity contribution in [1.82, 2.24) is 0 Å². The third kappa shape index (κ3) is 3.21. The first-order valence-electron chi connectivity index (χ1n) is 4.07. The highest BCUT2D eigenvalue weighted by atomic mass is 35.5. The molecule has 0 unspecified atom stereocenters. The first-order chi connectivity index (χ1) is 7.00. The summed E-state index contributed by atoms with van der Waals surface area (Å²) in [5.74, 6) is -0.168. The molecule has 6 heteroatoms. The predicted molar refractivity (Wildman–Crippen MR) is 54.3 cm³/mol. The molecule has 0 aromatic heterocycles. The van der Waals surface area contributed by atoms with Gasteiger partial charge >= 0.3 is 5.69 Å². The molecule has 0 aliphatic rings. The lowest BCUT2D eigenvalue weighted by atomic mass is 10.3. The number of nitrogens with zero attached hydrogens (tertiary/aromatic N) is 1. The first-order valence-corrected chi connectivity index (χ1v) is 4.44. The average molecular weight is 230 g/mol. The molecule has 5 nitrogen and oxygen atoms in total. The lowest BCUT2D eigenvalue weighted by molar-refractivity contribution is -0.385. The summed E-state index contributed by atoms with van der Waals surface area (Å²) < 4.78 is 4.97. The summed E-state index contributed by atoms with van der Waals surface area (Å²) in [7, 11) is 0. The topological polar surface area (TPSA) is 69.4 Å². The number of hydrogen-bond donors (Lipinski definition) is 0. The SMILES string of the molecule is CC(=O)COc1ccc(Cl)cc1[N+](=O)[O-]. The van der Waals surface area contributed by atoms with Crippen LogP contribution in [0.2, 0.25) is 5.02 Å². The highest BCUT2D eigenvalue weighted by molar-refractivity contribution is 6.30. The van der Waals surface area contributed by atoms with E-state index in [4.69, 9.17) is 16.3 Å². The molecule has 0 amide bonds. The number of carbonyl (C=O) groups excluding carboxylic acids is 1. The van der Waals surface area contributed by atoms with E-state index in [0.717, 1.165) is 0 Å². The van der Waals surface area contributed by atoms with Crippen LogP contribution in [0, 0.1) is 10.1 Å². The summed E-state index contributed by atoms with van der Waals surface area (Å²) in [4.78, 5) is 20.6. The van der Waals surface area contributed by atoms with Gasteiger partial charge in [0.1, 0.15) is 6.61 Å². The number of Topliss-reactive ketones (excluding diaryl/α,β-unsaturated/α-hetero) is 1. The van der Waals surface area contributed by atoms with E-state index < -0.39 is 4.92 Å². The summed E-state index contributed by atoms with van der Waals surface area (Å²) in [6.07, 6.45) is 0. The molecule has 0 spiro atoms. The van der Waals surface area contributed by atoms with Crippen LogP contribution in [0.5, 0.6) is 5.75 Å². The van der Waals surface area contributed by atoms with E-state index in [1.165, 1.54) is 25.1 Å². The van der Waals surface area contributed by atoms with E-state index >= 15 is 0 Å². The molecule has 0 radical (unpaired) electrons. The van der Waals surface area contributed by atoms with Crippen LogP contribution < -0.4 is 4.74 Å². The summed E-state index contributed by atoms with van der Waals surface area (Å²) >= 11 is 5.60. The number of halogens is 1. The maximum Gasteiger partial charge on any atom is 0.312 e. The number of nitro groups is 1. The van der Waals surface area contributed by atoms with E-state index in [-0.39, 0.29) is 28.8 Å². The zero-order valence-corrected chi connectivity index (χ0v) is 8.65. The number of nitro benzene ring substituents is 1. The van der Waals surface area contributed by atoms with Crippen molar-refractivity contribution in [2.75, 3.05) is 6.61 Å². The van der Waals surface area contributed by atoms with E-state index in [1.807, 2.05) is 0 Å². The van der Waals surface area contributed by atoms with Crippen molar-refractivity contribution in [2.24, 2.45) is 0 Å². The third-order valence-electron chi connectivity index (χ3n) is 1.55. The number of rotatable bonds is 4. The molecule has 0 N–H and O–H groups in total. The number of ether oxygens (including phenoxy) is 1. The number of benzene rings is 1. The van der Waals surface area contributed by atoms with Crippen LogP contribution in [-0.2, 0) is 4.79 Å². The molecule has 80 valence electrons. The fourth-order valence-corrected chi connectivity index (χ4v) is 1.10. The highest BCUT2D eigenvalue weighted by Gasteiger charge is 2.15. The monoisotopic (exact) mass is 229 g/mol. The van der Waals surface area contributed by atoms with Gasteiger partial charge in [0.15, 0.2) is 11.5 Å². The molecular weight excluding hydrogens is 222 g/mol. The minimum absolute atomic E-state index is 0.0413. The predicted octanol–water partition coefficient (Wildman–Crippen LogP) is 2.22. The maximum atomic E-state index is 10.6. The van der Waals surface area contributed by atoms with Crippen LogP contribution in [-0.4, -0.2) is 17.3 Å². The standard InChI is InChI=1S/C9H8ClNO4/c1-6(12)5-15-9-3-2-7(10)4-8(9)11(13)14/h2-4H,5H2,1H3. The van der Waals surface area contributed by atoms with Crippen molar-refractivity contribution < 1.29 is 14.5 Å². The first kappa shape index (κ1) is 11.5. The molecule has 1 aromatic carbocycles. The Morgan fingerprint density at radius 3 is 2.80 bits per heavy atom. The lowest BCUT2D eigenvalue weighted by Gasteiger charge is -2.04. The van der Waals surface area contributed by atoms with Gasteiger partial charge in [0, 0.05) is 11.1 Å². The molecule has 0 fully saturated rings. The number of hydrogen-bond acceptors (Lipinski definition) is 4. The van der Waals surface area contributed by atoms with Crippen molar-refractivity contribution >= 4 is 23.1 Å². The molecule has 0 aliphatic heterocycles. The van der Waals surface area contributed by atoms with Gasteiger partial charge in [0.2, 0.25) is 0 Å². The molecule has 0 atom stereocenters. The minimum atomic E-state index is -0.610. The van der Waals surface area contributed by atoms with Crippen LogP contribution in [0.1, 0.15) is 6.92 Å². The van der Waals surface area contributed by atoms with Gasteiger partial charge in [-0.1, -0.05) is 11.6 Å². The molecule has 0 saturated heterocycles. The highest BCUT2D eigenvalue weighted by Crippen LogP contribution is 2.29. The van der Waals surface area contributed by atoms with Crippen molar-refractivity contribution in [2.45, 2.75) is 6.92 Å². The summed E-state index contributed by atoms with van der Waals surface area (Å²) in [5.41, 5.74) is -0.247. The van der Waals surface area contributed by atoms with Crippen LogP contribution >= 0.6 is 11.6 Å². The van der Waals surface area contributed by atoms with Crippen LogP contribution in [0.3, 0.4) is 0 Å². The molecular formula is C9H8ClNO4. The quantitative estimate of drug-likeness (QED) is 0.586. The zero-order valence-electron chi connectivity index (χ0n) is 7.90. The largest absolute Gasteiger partial charge is 0.479 e. The Morgan fingerprint density at radius 1 is 1.60 bits per heavy atom.